The van der Waals surface area contributed by atoms with Crippen LogP contribution >= 0.6 is 0 Å². The highest BCUT2D eigenvalue weighted by Gasteiger charge is 2.21. The monoisotopic (exact) mass is 258 g/mol. The zero-order valence-corrected chi connectivity index (χ0v) is 11.9. The third-order valence-corrected chi connectivity index (χ3v) is 3.45. The first-order valence-electron chi connectivity index (χ1n) is 6.70. The molecule has 0 fully saturated rings. The Labute approximate surface area is 115 Å². The minimum Gasteiger partial charge on any atom is -0.354 e. The topological polar surface area (TPSA) is 52.9 Å². The van der Waals surface area contributed by atoms with Crippen LogP contribution in [0.4, 0.5) is 0 Å². The molecule has 3 nitrogen and oxygen atoms in total. The fourth-order valence-corrected chi connectivity index (χ4v) is 1.62. The number of nitriles is 1. The van der Waals surface area contributed by atoms with Crippen molar-refractivity contribution >= 4 is 5.91 Å². The molecule has 19 heavy (non-hydrogen) atoms. The lowest BCUT2D eigenvalue weighted by molar-refractivity contribution is -0.123. The van der Waals surface area contributed by atoms with Gasteiger partial charge in [-0.25, -0.2) is 0 Å². The van der Waals surface area contributed by atoms with Gasteiger partial charge in [-0.1, -0.05) is 51.1 Å². The number of carbonyl (C=O) groups excluding carboxylic acids is 1. The maximum atomic E-state index is 12.0. The van der Waals surface area contributed by atoms with E-state index in [-0.39, 0.29) is 11.3 Å². The van der Waals surface area contributed by atoms with Gasteiger partial charge in [-0.15, -0.1) is 0 Å². The van der Waals surface area contributed by atoms with Crippen LogP contribution in [0.5, 0.6) is 0 Å². The van der Waals surface area contributed by atoms with Crippen LogP contribution < -0.4 is 5.32 Å². The number of benzene rings is 1. The van der Waals surface area contributed by atoms with Crippen molar-refractivity contribution in [3.05, 3.63) is 35.9 Å². The quantitative estimate of drug-likeness (QED) is 0.853. The molecule has 0 aliphatic rings. The Morgan fingerprint density at radius 3 is 2.53 bits per heavy atom. The minimum absolute atomic E-state index is 0.0718. The molecule has 102 valence electrons. The first-order valence-corrected chi connectivity index (χ1v) is 6.70. The van der Waals surface area contributed by atoms with Crippen molar-refractivity contribution in [3.63, 3.8) is 0 Å². The molecule has 3 heteroatoms. The minimum atomic E-state index is -0.616. The predicted octanol–water partition coefficient (Wildman–Crippen LogP) is 2.92. The van der Waals surface area contributed by atoms with Gasteiger partial charge in [0.05, 0.1) is 6.07 Å². The van der Waals surface area contributed by atoms with E-state index in [2.05, 4.69) is 32.2 Å². The second-order valence-corrected chi connectivity index (χ2v) is 5.61. The fraction of sp³-hybridized carbons (Fsp3) is 0.500. The number of hydrogen-bond acceptors (Lipinski definition) is 2. The molecule has 0 radical (unpaired) electrons. The van der Waals surface area contributed by atoms with Gasteiger partial charge in [-0.3, -0.25) is 4.79 Å². The Bertz CT molecular complexity index is 446. The van der Waals surface area contributed by atoms with E-state index in [1.165, 1.54) is 0 Å². The number of amides is 1. The summed E-state index contributed by atoms with van der Waals surface area (Å²) in [5.41, 5.74) is 1.08. The first kappa shape index (κ1) is 15.2. The summed E-state index contributed by atoms with van der Waals surface area (Å²) in [4.78, 5) is 12.0. The summed E-state index contributed by atoms with van der Waals surface area (Å²) in [6, 6.07) is 11.7. The van der Waals surface area contributed by atoms with Crippen molar-refractivity contribution in [2.75, 3.05) is 6.54 Å². The van der Waals surface area contributed by atoms with Crippen LogP contribution in [-0.4, -0.2) is 12.5 Å². The molecule has 1 unspecified atom stereocenters. The van der Waals surface area contributed by atoms with Crippen molar-refractivity contribution in [2.24, 2.45) is 11.3 Å². The van der Waals surface area contributed by atoms with Crippen molar-refractivity contribution in [2.45, 2.75) is 33.6 Å². The van der Waals surface area contributed by atoms with E-state index in [9.17, 15) is 4.79 Å². The fourth-order valence-electron chi connectivity index (χ4n) is 1.62. The van der Waals surface area contributed by atoms with E-state index in [0.717, 1.165) is 12.0 Å². The first-order chi connectivity index (χ1) is 8.98. The van der Waals surface area contributed by atoms with Crippen molar-refractivity contribution in [1.29, 1.82) is 5.26 Å². The number of carbonyl (C=O) groups is 1. The smallest absolute Gasteiger partial charge is 0.237 e. The zero-order valence-electron chi connectivity index (χ0n) is 11.9. The van der Waals surface area contributed by atoms with E-state index in [4.69, 9.17) is 5.26 Å². The molecule has 0 aliphatic carbocycles. The van der Waals surface area contributed by atoms with E-state index < -0.39 is 5.92 Å². The molecule has 1 rings (SSSR count). The molecule has 0 heterocycles. The molecule has 1 aromatic rings. The molecular formula is C16H22N2O. The summed E-state index contributed by atoms with van der Waals surface area (Å²) >= 11 is 0. The lowest BCUT2D eigenvalue weighted by atomic mass is 9.90. The molecule has 1 amide bonds. The summed E-state index contributed by atoms with van der Waals surface area (Å²) < 4.78 is 0. The van der Waals surface area contributed by atoms with Gasteiger partial charge < -0.3 is 5.32 Å². The third kappa shape index (κ3) is 5.13. The van der Waals surface area contributed by atoms with Gasteiger partial charge in [0.2, 0.25) is 5.91 Å². The van der Waals surface area contributed by atoms with Gasteiger partial charge in [0, 0.05) is 6.54 Å². The molecule has 1 aromatic carbocycles. The average molecular weight is 258 g/mol. The van der Waals surface area contributed by atoms with Gasteiger partial charge in [-0.05, 0) is 23.8 Å². The van der Waals surface area contributed by atoms with Crippen LogP contribution in [0.25, 0.3) is 0 Å². The molecule has 1 N–H and O–H groups in total. The summed E-state index contributed by atoms with van der Waals surface area (Å²) in [6.07, 6.45) is 1.46. The zero-order chi connectivity index (χ0) is 14.3. The summed E-state index contributed by atoms with van der Waals surface area (Å²) in [5.74, 6) is -0.789. The summed E-state index contributed by atoms with van der Waals surface area (Å²) in [5, 5.41) is 12.0. The maximum Gasteiger partial charge on any atom is 0.237 e. The van der Waals surface area contributed by atoms with E-state index in [1.807, 2.05) is 30.3 Å². The van der Waals surface area contributed by atoms with E-state index in [0.29, 0.717) is 13.0 Å². The average Bonchev–Trinajstić information content (AvgIpc) is 2.43. The van der Waals surface area contributed by atoms with Gasteiger partial charge in [-0.2, -0.15) is 5.26 Å². The molecular weight excluding hydrogens is 236 g/mol. The number of rotatable bonds is 6. The molecule has 0 saturated carbocycles. The highest BCUT2D eigenvalue weighted by Crippen LogP contribution is 2.18. The highest BCUT2D eigenvalue weighted by atomic mass is 16.1. The molecule has 0 aliphatic heterocycles. The van der Waals surface area contributed by atoms with Crippen LogP contribution in [0.3, 0.4) is 0 Å². The SMILES string of the molecule is CCC(C)(C)CNC(=O)C(C#N)Cc1ccccc1. The normalized spacial score (nSPS) is 12.5. The molecule has 0 spiro atoms. The predicted molar refractivity (Wildman–Crippen MR) is 76.3 cm³/mol. The molecule has 0 aromatic heterocycles. The van der Waals surface area contributed by atoms with Crippen LogP contribution in [0.15, 0.2) is 30.3 Å². The second-order valence-electron chi connectivity index (χ2n) is 5.61. The lowest BCUT2D eigenvalue weighted by Crippen LogP contribution is -2.37. The number of nitrogens with one attached hydrogen (secondary N) is 1. The third-order valence-electron chi connectivity index (χ3n) is 3.45. The number of nitrogens with zero attached hydrogens (tertiary/aromatic N) is 1. The molecule has 1 atom stereocenters. The summed E-state index contributed by atoms with van der Waals surface area (Å²) in [6.45, 7) is 6.91. The van der Waals surface area contributed by atoms with Crippen LogP contribution in [0.2, 0.25) is 0 Å². The van der Waals surface area contributed by atoms with Crippen molar-refractivity contribution in [1.82, 2.24) is 5.32 Å². The molecule has 0 bridgehead atoms. The largest absolute Gasteiger partial charge is 0.354 e. The Hall–Kier alpha value is -1.82. The Kier molecular flexibility index (Phi) is 5.57. The molecule has 0 saturated heterocycles. The Morgan fingerprint density at radius 2 is 2.00 bits per heavy atom. The van der Waals surface area contributed by atoms with Gasteiger partial charge in [0.1, 0.15) is 5.92 Å². The van der Waals surface area contributed by atoms with Gasteiger partial charge in [0.15, 0.2) is 0 Å². The van der Waals surface area contributed by atoms with E-state index >= 15 is 0 Å². The van der Waals surface area contributed by atoms with Crippen molar-refractivity contribution in [3.8, 4) is 6.07 Å². The highest BCUT2D eigenvalue weighted by molar-refractivity contribution is 5.81. The number of hydrogen-bond donors (Lipinski definition) is 1. The summed E-state index contributed by atoms with van der Waals surface area (Å²) in [7, 11) is 0. The Morgan fingerprint density at radius 1 is 1.37 bits per heavy atom. The van der Waals surface area contributed by atoms with Crippen LogP contribution in [-0.2, 0) is 11.2 Å². The second kappa shape index (κ2) is 6.94. The van der Waals surface area contributed by atoms with Gasteiger partial charge in [0.25, 0.3) is 0 Å². The lowest BCUT2D eigenvalue weighted by Gasteiger charge is -2.23. The van der Waals surface area contributed by atoms with E-state index in [1.54, 1.807) is 0 Å². The maximum absolute atomic E-state index is 12.0. The standard InChI is InChI=1S/C16H22N2O/c1-4-16(2,3)12-18-15(19)14(11-17)10-13-8-6-5-7-9-13/h5-9,14H,4,10,12H2,1-3H3,(H,18,19). The van der Waals surface area contributed by atoms with Crippen molar-refractivity contribution < 1.29 is 4.79 Å². The van der Waals surface area contributed by atoms with Crippen LogP contribution in [0.1, 0.15) is 32.8 Å². The van der Waals surface area contributed by atoms with Crippen LogP contribution in [0, 0.1) is 22.7 Å². The van der Waals surface area contributed by atoms with Gasteiger partial charge >= 0.3 is 0 Å². The Balaban J connectivity index is 2.56.